The van der Waals surface area contributed by atoms with Crippen molar-refractivity contribution in [2.24, 2.45) is 4.99 Å². The zero-order valence-electron chi connectivity index (χ0n) is 13.3. The van der Waals surface area contributed by atoms with Gasteiger partial charge in [-0.1, -0.05) is 31.0 Å². The van der Waals surface area contributed by atoms with Crippen molar-refractivity contribution in [2.45, 2.75) is 32.6 Å². The Hall–Kier alpha value is -2.13. The number of carbonyl (C=O) groups is 1. The third-order valence-corrected chi connectivity index (χ3v) is 4.34. The average Bonchev–Trinajstić information content (AvgIpc) is 2.83. The molecule has 0 bridgehead atoms. The molecule has 0 radical (unpaired) electrons. The smallest absolute Gasteiger partial charge is 0.237 e. The van der Waals surface area contributed by atoms with Gasteiger partial charge in [-0.3, -0.25) is 9.79 Å². The second-order valence-electron chi connectivity index (χ2n) is 5.84. The van der Waals surface area contributed by atoms with Crippen molar-refractivity contribution >= 4 is 35.1 Å². The Bertz CT molecular complexity index is 783. The first-order chi connectivity index (χ1) is 11.1. The molecule has 23 heavy (non-hydrogen) atoms. The van der Waals surface area contributed by atoms with Crippen LogP contribution in [0.2, 0.25) is 5.02 Å². The molecule has 3 rings (SSSR count). The summed E-state index contributed by atoms with van der Waals surface area (Å²) in [5.41, 5.74) is 5.14. The van der Waals surface area contributed by atoms with Gasteiger partial charge < -0.3 is 5.32 Å². The van der Waals surface area contributed by atoms with Crippen LogP contribution in [0.1, 0.15) is 36.0 Å². The van der Waals surface area contributed by atoms with Crippen LogP contribution in [-0.4, -0.2) is 12.1 Å². The summed E-state index contributed by atoms with van der Waals surface area (Å²) in [5, 5.41) is 3.48. The number of hydrogen-bond donors (Lipinski definition) is 1. The lowest BCUT2D eigenvalue weighted by molar-refractivity contribution is -0.115. The van der Waals surface area contributed by atoms with E-state index in [4.69, 9.17) is 11.6 Å². The highest BCUT2D eigenvalue weighted by molar-refractivity contribution is 6.31. The number of halogens is 1. The summed E-state index contributed by atoms with van der Waals surface area (Å²) in [7, 11) is 0. The monoisotopic (exact) mass is 326 g/mol. The van der Waals surface area contributed by atoms with Gasteiger partial charge in [-0.25, -0.2) is 0 Å². The number of fused-ring (bicyclic) bond motifs is 1. The van der Waals surface area contributed by atoms with Crippen molar-refractivity contribution in [1.82, 2.24) is 0 Å². The average molecular weight is 327 g/mol. The minimum Gasteiger partial charge on any atom is -0.325 e. The number of anilines is 1. The first-order valence-corrected chi connectivity index (χ1v) is 8.20. The molecule has 1 aliphatic rings. The maximum absolute atomic E-state index is 12.1. The zero-order valence-corrected chi connectivity index (χ0v) is 14.0. The van der Waals surface area contributed by atoms with Crippen LogP contribution in [-0.2, 0) is 11.2 Å². The van der Waals surface area contributed by atoms with Gasteiger partial charge in [0.05, 0.1) is 5.69 Å². The molecule has 0 fully saturated rings. The van der Waals surface area contributed by atoms with Crippen LogP contribution in [0, 0.1) is 6.92 Å². The molecule has 4 heteroatoms. The third-order valence-electron chi connectivity index (χ3n) is 4.11. The van der Waals surface area contributed by atoms with Gasteiger partial charge in [0.15, 0.2) is 0 Å². The number of amides is 1. The predicted molar refractivity (Wildman–Crippen MR) is 96.1 cm³/mol. The van der Waals surface area contributed by atoms with Gasteiger partial charge in [-0.05, 0) is 60.4 Å². The summed E-state index contributed by atoms with van der Waals surface area (Å²) < 4.78 is 0. The van der Waals surface area contributed by atoms with Crippen LogP contribution in [0.4, 0.5) is 11.4 Å². The van der Waals surface area contributed by atoms with Crippen molar-refractivity contribution in [3.8, 4) is 0 Å². The van der Waals surface area contributed by atoms with Gasteiger partial charge >= 0.3 is 0 Å². The first kappa shape index (κ1) is 15.8. The number of nitrogens with one attached hydrogen (secondary N) is 1. The number of hydrogen-bond acceptors (Lipinski definition) is 2. The fourth-order valence-corrected chi connectivity index (χ4v) is 3.06. The van der Waals surface area contributed by atoms with Gasteiger partial charge in [0.1, 0.15) is 5.92 Å². The van der Waals surface area contributed by atoms with Gasteiger partial charge in [0, 0.05) is 16.9 Å². The van der Waals surface area contributed by atoms with E-state index >= 15 is 0 Å². The maximum atomic E-state index is 12.1. The number of aryl methyl sites for hydroxylation is 2. The van der Waals surface area contributed by atoms with Gasteiger partial charge in [-0.15, -0.1) is 0 Å². The Labute approximate surface area is 141 Å². The van der Waals surface area contributed by atoms with Crippen LogP contribution in [0.25, 0.3) is 0 Å². The second kappa shape index (κ2) is 6.55. The van der Waals surface area contributed by atoms with E-state index in [1.807, 2.05) is 18.2 Å². The molecule has 0 aliphatic carbocycles. The van der Waals surface area contributed by atoms with Crippen LogP contribution >= 0.6 is 11.6 Å². The van der Waals surface area contributed by atoms with E-state index in [0.717, 1.165) is 29.8 Å². The number of carbonyl (C=O) groups excluding carboxylic acids is 1. The molecule has 1 amide bonds. The van der Waals surface area contributed by atoms with Crippen LogP contribution in [0.15, 0.2) is 41.4 Å². The molecule has 118 valence electrons. The highest BCUT2D eigenvalue weighted by Crippen LogP contribution is 2.34. The van der Waals surface area contributed by atoms with E-state index in [0.29, 0.717) is 5.02 Å². The third kappa shape index (κ3) is 3.30. The molecule has 1 N–H and O–H groups in total. The maximum Gasteiger partial charge on any atom is 0.237 e. The lowest BCUT2D eigenvalue weighted by atomic mass is 10.0. The van der Waals surface area contributed by atoms with Crippen molar-refractivity contribution < 1.29 is 4.79 Å². The zero-order chi connectivity index (χ0) is 16.4. The van der Waals surface area contributed by atoms with Crippen molar-refractivity contribution in [3.63, 3.8) is 0 Å². The van der Waals surface area contributed by atoms with Crippen molar-refractivity contribution in [1.29, 1.82) is 0 Å². The Balaban J connectivity index is 1.85. The van der Waals surface area contributed by atoms with E-state index in [2.05, 4.69) is 36.3 Å². The molecule has 2 aromatic carbocycles. The lowest BCUT2D eigenvalue weighted by Gasteiger charge is -2.06. The van der Waals surface area contributed by atoms with Gasteiger partial charge in [-0.2, -0.15) is 0 Å². The summed E-state index contributed by atoms with van der Waals surface area (Å²) >= 11 is 6.04. The topological polar surface area (TPSA) is 41.5 Å². The molecule has 0 spiro atoms. The number of nitrogens with zero attached hydrogens (tertiary/aromatic N) is 1. The second-order valence-corrected chi connectivity index (χ2v) is 6.27. The number of benzene rings is 2. The van der Waals surface area contributed by atoms with E-state index in [1.165, 1.54) is 11.1 Å². The largest absolute Gasteiger partial charge is 0.325 e. The Morgan fingerprint density at radius 2 is 2.09 bits per heavy atom. The Kier molecular flexibility index (Phi) is 4.49. The minimum atomic E-state index is -0.390. The fraction of sp³-hybridized carbons (Fsp3) is 0.263. The molecule has 1 heterocycles. The molecule has 0 aromatic heterocycles. The summed E-state index contributed by atoms with van der Waals surface area (Å²) in [5.74, 6) is -0.454. The first-order valence-electron chi connectivity index (χ1n) is 7.82. The van der Waals surface area contributed by atoms with Crippen LogP contribution in [0.3, 0.4) is 0 Å². The van der Waals surface area contributed by atoms with E-state index in [9.17, 15) is 4.79 Å². The number of aliphatic imine (C=N–C) groups is 1. The van der Waals surface area contributed by atoms with Crippen LogP contribution in [0.5, 0.6) is 0 Å². The number of rotatable bonds is 4. The minimum absolute atomic E-state index is 0.0645. The molecule has 1 aliphatic heterocycles. The summed E-state index contributed by atoms with van der Waals surface area (Å²) in [6.45, 7) is 4.27. The molecular weight excluding hydrogens is 308 g/mol. The molecule has 1 atom stereocenters. The Morgan fingerprint density at radius 1 is 1.26 bits per heavy atom. The van der Waals surface area contributed by atoms with Crippen molar-refractivity contribution in [2.75, 3.05) is 5.32 Å². The SMILES string of the molecule is CCCc1ccc(N=CC2C(=O)Nc3ccc(Cl)cc32)cc1C. The van der Waals surface area contributed by atoms with Gasteiger partial charge in [0.25, 0.3) is 0 Å². The molecule has 0 saturated heterocycles. The summed E-state index contributed by atoms with van der Waals surface area (Å²) in [4.78, 5) is 16.6. The standard InChI is InChI=1S/C19H19ClN2O/c1-3-4-13-5-7-15(9-12(13)2)21-11-17-16-10-14(20)6-8-18(16)22-19(17)23/h5-11,17H,3-4H2,1-2H3,(H,22,23). The van der Waals surface area contributed by atoms with Gasteiger partial charge in [0.2, 0.25) is 5.91 Å². The van der Waals surface area contributed by atoms with Crippen molar-refractivity contribution in [3.05, 3.63) is 58.1 Å². The van der Waals surface area contributed by atoms with E-state index in [-0.39, 0.29) is 11.8 Å². The molecule has 0 saturated carbocycles. The highest BCUT2D eigenvalue weighted by Gasteiger charge is 2.29. The normalized spacial score (nSPS) is 16.7. The molecular formula is C19H19ClN2O. The lowest BCUT2D eigenvalue weighted by Crippen LogP contribution is -2.12. The predicted octanol–water partition coefficient (Wildman–Crippen LogP) is 5.04. The van der Waals surface area contributed by atoms with Crippen LogP contribution < -0.4 is 5.32 Å². The summed E-state index contributed by atoms with van der Waals surface area (Å²) in [6, 6.07) is 11.6. The summed E-state index contributed by atoms with van der Waals surface area (Å²) in [6.07, 6.45) is 3.90. The fourth-order valence-electron chi connectivity index (χ4n) is 2.88. The quantitative estimate of drug-likeness (QED) is 0.786. The van der Waals surface area contributed by atoms with E-state index in [1.54, 1.807) is 12.3 Å². The molecule has 1 unspecified atom stereocenters. The highest BCUT2D eigenvalue weighted by atomic mass is 35.5. The van der Waals surface area contributed by atoms with E-state index < -0.39 is 0 Å². The molecule has 2 aromatic rings. The molecule has 3 nitrogen and oxygen atoms in total. The Morgan fingerprint density at radius 3 is 2.83 bits per heavy atom.